The Morgan fingerprint density at radius 1 is 1.41 bits per heavy atom. The number of benzene rings is 1. The molecule has 0 spiro atoms. The van der Waals surface area contributed by atoms with E-state index in [1.807, 2.05) is 35.3 Å². The van der Waals surface area contributed by atoms with E-state index in [1.54, 1.807) is 0 Å². The van der Waals surface area contributed by atoms with E-state index < -0.39 is 0 Å². The molecule has 1 aromatic heterocycles. The van der Waals surface area contributed by atoms with E-state index in [0.29, 0.717) is 6.54 Å². The molecule has 3 nitrogen and oxygen atoms in total. The van der Waals surface area contributed by atoms with Crippen molar-refractivity contribution in [1.82, 2.24) is 9.78 Å². The minimum Gasteiger partial charge on any atom is -0.326 e. The highest BCUT2D eigenvalue weighted by Crippen LogP contribution is 2.25. The van der Waals surface area contributed by atoms with Gasteiger partial charge in [0.25, 0.3) is 0 Å². The van der Waals surface area contributed by atoms with Crippen LogP contribution >= 0.6 is 11.6 Å². The fourth-order valence-corrected chi connectivity index (χ4v) is 2.06. The van der Waals surface area contributed by atoms with Crippen LogP contribution in [0.2, 0.25) is 5.02 Å². The normalized spacial score (nSPS) is 10.8. The molecule has 0 fully saturated rings. The van der Waals surface area contributed by atoms with Crippen LogP contribution in [0.4, 0.5) is 0 Å². The summed E-state index contributed by atoms with van der Waals surface area (Å²) in [4.78, 5) is 0. The Labute approximate surface area is 106 Å². The molecule has 90 valence electrons. The van der Waals surface area contributed by atoms with Gasteiger partial charge in [0.15, 0.2) is 0 Å². The number of halogens is 1. The molecule has 0 saturated carbocycles. The predicted octanol–water partition coefficient (Wildman–Crippen LogP) is 3.07. The summed E-state index contributed by atoms with van der Waals surface area (Å²) in [5, 5.41) is 5.04. The molecule has 1 aromatic carbocycles. The number of aryl methyl sites for hydroxylation is 1. The van der Waals surface area contributed by atoms with Gasteiger partial charge in [-0.1, -0.05) is 24.6 Å². The molecule has 2 rings (SSSR count). The number of nitrogens with zero attached hydrogens (tertiary/aromatic N) is 2. The summed E-state index contributed by atoms with van der Waals surface area (Å²) in [7, 11) is 0. The average Bonchev–Trinajstić information content (AvgIpc) is 2.78. The molecule has 4 heteroatoms. The monoisotopic (exact) mass is 249 g/mol. The predicted molar refractivity (Wildman–Crippen MR) is 70.9 cm³/mol. The van der Waals surface area contributed by atoms with Crippen molar-refractivity contribution in [1.29, 1.82) is 0 Å². The van der Waals surface area contributed by atoms with Crippen molar-refractivity contribution in [3.63, 3.8) is 0 Å². The topological polar surface area (TPSA) is 43.8 Å². The maximum atomic E-state index is 5.96. The van der Waals surface area contributed by atoms with Crippen molar-refractivity contribution >= 4 is 11.6 Å². The van der Waals surface area contributed by atoms with Crippen molar-refractivity contribution in [2.24, 2.45) is 5.73 Å². The van der Waals surface area contributed by atoms with Crippen LogP contribution in [0, 0.1) is 0 Å². The largest absolute Gasteiger partial charge is 0.326 e. The van der Waals surface area contributed by atoms with Gasteiger partial charge in [-0.05, 0) is 29.7 Å². The fraction of sp³-hybridized carbons (Fsp3) is 0.308. The zero-order valence-electron chi connectivity index (χ0n) is 9.86. The summed E-state index contributed by atoms with van der Waals surface area (Å²) in [6, 6.07) is 5.79. The first-order chi connectivity index (χ1) is 8.24. The molecule has 1 heterocycles. The summed E-state index contributed by atoms with van der Waals surface area (Å²) in [6.07, 6.45) is 5.00. The quantitative estimate of drug-likeness (QED) is 0.905. The Balaban J connectivity index is 2.37. The van der Waals surface area contributed by atoms with Crippen molar-refractivity contribution in [2.45, 2.75) is 26.4 Å². The van der Waals surface area contributed by atoms with Crippen molar-refractivity contribution in [3.05, 3.63) is 41.2 Å². The van der Waals surface area contributed by atoms with E-state index in [-0.39, 0.29) is 0 Å². The highest BCUT2D eigenvalue weighted by Gasteiger charge is 2.07. The van der Waals surface area contributed by atoms with Gasteiger partial charge in [-0.15, -0.1) is 0 Å². The molecule has 0 saturated heterocycles. The van der Waals surface area contributed by atoms with Crippen molar-refractivity contribution < 1.29 is 0 Å². The lowest BCUT2D eigenvalue weighted by Crippen LogP contribution is -1.99. The van der Waals surface area contributed by atoms with E-state index in [0.717, 1.165) is 34.7 Å². The number of nitrogens with two attached hydrogens (primary N) is 1. The highest BCUT2D eigenvalue weighted by molar-refractivity contribution is 6.30. The lowest BCUT2D eigenvalue weighted by molar-refractivity contribution is 0.603. The van der Waals surface area contributed by atoms with Gasteiger partial charge in [0, 0.05) is 29.9 Å². The van der Waals surface area contributed by atoms with Gasteiger partial charge in [-0.2, -0.15) is 5.10 Å². The highest BCUT2D eigenvalue weighted by atomic mass is 35.5. The minimum atomic E-state index is 0.481. The lowest BCUT2D eigenvalue weighted by Gasteiger charge is -2.05. The second-order valence-electron chi connectivity index (χ2n) is 4.00. The zero-order valence-corrected chi connectivity index (χ0v) is 10.6. The molecule has 2 aromatic rings. The Bertz CT molecular complexity index is 505. The SMILES string of the molecule is CCCn1cc(-c2ccc(Cl)cc2CN)cn1. The van der Waals surface area contributed by atoms with Gasteiger partial charge in [0.1, 0.15) is 0 Å². The fourth-order valence-electron chi connectivity index (χ4n) is 1.87. The average molecular weight is 250 g/mol. The maximum Gasteiger partial charge on any atom is 0.0568 e. The second-order valence-corrected chi connectivity index (χ2v) is 4.43. The van der Waals surface area contributed by atoms with Crippen LogP contribution in [0.1, 0.15) is 18.9 Å². The third-order valence-electron chi connectivity index (χ3n) is 2.68. The van der Waals surface area contributed by atoms with Crippen LogP contribution in [-0.2, 0) is 13.1 Å². The van der Waals surface area contributed by atoms with Crippen LogP contribution in [0.15, 0.2) is 30.6 Å². The molecule has 0 radical (unpaired) electrons. The van der Waals surface area contributed by atoms with Gasteiger partial charge in [0.05, 0.1) is 6.20 Å². The first kappa shape index (κ1) is 12.1. The molecule has 2 N–H and O–H groups in total. The number of rotatable bonds is 4. The lowest BCUT2D eigenvalue weighted by atomic mass is 10.0. The van der Waals surface area contributed by atoms with Gasteiger partial charge in [-0.25, -0.2) is 0 Å². The Hall–Kier alpha value is -1.32. The van der Waals surface area contributed by atoms with E-state index in [4.69, 9.17) is 17.3 Å². The smallest absolute Gasteiger partial charge is 0.0568 e. The second kappa shape index (κ2) is 5.34. The van der Waals surface area contributed by atoms with Crippen molar-refractivity contribution in [2.75, 3.05) is 0 Å². The first-order valence-corrected chi connectivity index (χ1v) is 6.13. The first-order valence-electron chi connectivity index (χ1n) is 5.76. The summed E-state index contributed by atoms with van der Waals surface area (Å²) < 4.78 is 1.95. The molecule has 17 heavy (non-hydrogen) atoms. The van der Waals surface area contributed by atoms with Gasteiger partial charge in [0.2, 0.25) is 0 Å². The molecular weight excluding hydrogens is 234 g/mol. The molecule has 0 aliphatic rings. The maximum absolute atomic E-state index is 5.96. The Morgan fingerprint density at radius 3 is 2.94 bits per heavy atom. The van der Waals surface area contributed by atoms with Gasteiger partial charge >= 0.3 is 0 Å². The van der Waals surface area contributed by atoms with E-state index in [1.165, 1.54) is 0 Å². The van der Waals surface area contributed by atoms with Crippen LogP contribution in [-0.4, -0.2) is 9.78 Å². The van der Waals surface area contributed by atoms with Crippen LogP contribution in [0.5, 0.6) is 0 Å². The number of hydrogen-bond acceptors (Lipinski definition) is 2. The Morgan fingerprint density at radius 2 is 2.24 bits per heavy atom. The molecule has 0 aliphatic heterocycles. The number of aromatic nitrogens is 2. The third-order valence-corrected chi connectivity index (χ3v) is 2.92. The molecular formula is C13H16ClN3. The summed E-state index contributed by atoms with van der Waals surface area (Å²) >= 11 is 5.96. The molecule has 0 unspecified atom stereocenters. The standard InChI is InChI=1S/C13H16ClN3/c1-2-5-17-9-11(8-16-17)13-4-3-12(14)6-10(13)7-15/h3-4,6,8-9H,2,5,7,15H2,1H3. The van der Waals surface area contributed by atoms with Gasteiger partial charge in [-0.3, -0.25) is 4.68 Å². The molecule has 0 bridgehead atoms. The zero-order chi connectivity index (χ0) is 12.3. The molecule has 0 amide bonds. The summed E-state index contributed by atoms with van der Waals surface area (Å²) in [5.41, 5.74) is 8.99. The summed E-state index contributed by atoms with van der Waals surface area (Å²) in [5.74, 6) is 0. The molecule has 0 aliphatic carbocycles. The van der Waals surface area contributed by atoms with E-state index in [9.17, 15) is 0 Å². The van der Waals surface area contributed by atoms with Crippen LogP contribution < -0.4 is 5.73 Å². The van der Waals surface area contributed by atoms with E-state index >= 15 is 0 Å². The summed E-state index contributed by atoms with van der Waals surface area (Å²) in [6.45, 7) is 3.55. The Kier molecular flexibility index (Phi) is 3.82. The van der Waals surface area contributed by atoms with Gasteiger partial charge < -0.3 is 5.73 Å². The van der Waals surface area contributed by atoms with E-state index in [2.05, 4.69) is 12.0 Å². The minimum absolute atomic E-state index is 0.481. The van der Waals surface area contributed by atoms with Crippen LogP contribution in [0.25, 0.3) is 11.1 Å². The molecule has 0 atom stereocenters. The number of hydrogen-bond donors (Lipinski definition) is 1. The third kappa shape index (κ3) is 2.68. The van der Waals surface area contributed by atoms with Crippen LogP contribution in [0.3, 0.4) is 0 Å². The van der Waals surface area contributed by atoms with Crippen molar-refractivity contribution in [3.8, 4) is 11.1 Å².